The molecule has 3 aliphatic rings. The molecule has 0 N–H and O–H groups in total. The van der Waals surface area contributed by atoms with Crippen molar-refractivity contribution in [1.29, 1.82) is 0 Å². The smallest absolute Gasteiger partial charge is 0.136 e. The van der Waals surface area contributed by atoms with Crippen molar-refractivity contribution in [2.75, 3.05) is 0 Å². The minimum atomic E-state index is -0.0982. The first-order valence-corrected chi connectivity index (χ1v) is 49.7. The molecule has 0 unspecified atom stereocenters. The van der Waals surface area contributed by atoms with E-state index < -0.39 is 0 Å². The number of hydrogen-bond acceptors (Lipinski definition) is 3. The minimum Gasteiger partial charge on any atom is -0.456 e. The Morgan fingerprint density at radius 3 is 0.838 bits per heavy atom. The van der Waals surface area contributed by atoms with E-state index in [1.165, 1.54) is 252 Å². The summed E-state index contributed by atoms with van der Waals surface area (Å²) in [5.41, 5.74) is 36.8. The lowest BCUT2D eigenvalue weighted by Gasteiger charge is -2.23. The monoisotopic (exact) mass is 1810 g/mol. The van der Waals surface area contributed by atoms with Crippen molar-refractivity contribution in [3.8, 4) is 100 Å². The maximum atomic E-state index is 6.40. The standard InChI is InChI=1S/C49H32O.2C45H30O/c1-49(2)42-22-19-32(26-39(42)40-25-30-12-3-4-13-31(30)28-43(40)49)46-35-15-7-9-17-37(35)47(38-18-10-8-16-36(38)46)33-21-23-44-41(27-33)48-34-14-6-5-11-29(34)20-24-45(48)50-44;1-45(2)38-23-22-29(25-36(38)37-24-27-12-3-4-13-28(27)26-39(37)45)42-30-14-5-7-16-32(30)43(33-17-8-6-15-31(33)42)35-19-11-21-41-44(35)34-18-9-10-20-40(34)46-41;1-45(2)39-26-30(19-21-31(39)37-23-27-11-3-4-12-28(27)25-40(37)45)44-35-16-7-5-14-33(35)43(34-15-6-8-17-36(34)44)29-20-22-42-38(24-29)32-13-9-10-18-41(32)46-42/h3-28H,1-2H3;2*3-26H,1-2H3. The van der Waals surface area contributed by atoms with Crippen LogP contribution >= 0.6 is 0 Å². The zero-order chi connectivity index (χ0) is 94.3. The first-order valence-electron chi connectivity index (χ1n) is 49.7. The Balaban J connectivity index is 0.000000102. The van der Waals surface area contributed by atoms with Crippen LogP contribution in [-0.2, 0) is 16.2 Å². The Bertz CT molecular complexity index is 10200. The van der Waals surface area contributed by atoms with Crippen molar-refractivity contribution < 1.29 is 13.3 Å². The second-order valence-corrected chi connectivity index (χ2v) is 41.0. The van der Waals surface area contributed by atoms with Crippen LogP contribution in [0.15, 0.2) is 462 Å². The van der Waals surface area contributed by atoms with Gasteiger partial charge in [0.05, 0.1) is 0 Å². The number of benzene rings is 25. The van der Waals surface area contributed by atoms with Crippen molar-refractivity contribution in [2.24, 2.45) is 0 Å². The molecular formula is C139H92O3. The fourth-order valence-corrected chi connectivity index (χ4v) is 25.6. The second kappa shape index (κ2) is 30.7. The van der Waals surface area contributed by atoms with Crippen LogP contribution in [0, 0.1) is 0 Å². The number of furan rings is 3. The molecule has 31 rings (SSSR count). The number of hydrogen-bond donors (Lipinski definition) is 0. The fraction of sp³-hybridized carbons (Fsp3) is 0.0647. The number of para-hydroxylation sites is 2. The van der Waals surface area contributed by atoms with Gasteiger partial charge in [-0.25, -0.2) is 0 Å². The van der Waals surface area contributed by atoms with E-state index in [0.29, 0.717) is 0 Å². The Hall–Kier alpha value is -17.5. The average molecular weight is 1810 g/mol. The summed E-state index contributed by atoms with van der Waals surface area (Å²) in [4.78, 5) is 0. The maximum Gasteiger partial charge on any atom is 0.136 e. The molecule has 0 aliphatic heterocycles. The summed E-state index contributed by atoms with van der Waals surface area (Å²) >= 11 is 0. The predicted molar refractivity (Wildman–Crippen MR) is 602 cm³/mol. The van der Waals surface area contributed by atoms with E-state index in [9.17, 15) is 0 Å². The third kappa shape index (κ3) is 12.1. The van der Waals surface area contributed by atoms with Gasteiger partial charge in [0.1, 0.15) is 33.5 Å². The summed E-state index contributed by atoms with van der Waals surface area (Å²) in [7, 11) is 0. The molecule has 0 saturated heterocycles. The Morgan fingerprint density at radius 2 is 0.401 bits per heavy atom. The molecule has 0 bridgehead atoms. The summed E-state index contributed by atoms with van der Waals surface area (Å²) in [5, 5.41) is 32.3. The summed E-state index contributed by atoms with van der Waals surface area (Å²) in [6.07, 6.45) is 0. The highest BCUT2D eigenvalue weighted by atomic mass is 16.3. The van der Waals surface area contributed by atoms with E-state index in [1.807, 2.05) is 18.2 Å². The van der Waals surface area contributed by atoms with Crippen LogP contribution in [0.3, 0.4) is 0 Å². The quantitative estimate of drug-likeness (QED) is 0.156. The van der Waals surface area contributed by atoms with Crippen LogP contribution < -0.4 is 0 Å². The molecule has 666 valence electrons. The molecule has 0 saturated carbocycles. The van der Waals surface area contributed by atoms with Gasteiger partial charge in [0.15, 0.2) is 0 Å². The van der Waals surface area contributed by atoms with Gasteiger partial charge in [-0.1, -0.05) is 387 Å². The summed E-state index contributed by atoms with van der Waals surface area (Å²) in [5.74, 6) is 0. The zero-order valence-corrected chi connectivity index (χ0v) is 79.4. The van der Waals surface area contributed by atoms with Crippen molar-refractivity contribution in [1.82, 2.24) is 0 Å². The van der Waals surface area contributed by atoms with Crippen LogP contribution in [0.4, 0.5) is 0 Å². The lowest BCUT2D eigenvalue weighted by molar-refractivity contribution is 0.661. The maximum absolute atomic E-state index is 6.40. The summed E-state index contributed by atoms with van der Waals surface area (Å²) in [6, 6.07) is 165. The van der Waals surface area contributed by atoms with Crippen molar-refractivity contribution in [3.05, 3.63) is 482 Å². The van der Waals surface area contributed by atoms with Crippen LogP contribution in [0.1, 0.15) is 74.9 Å². The van der Waals surface area contributed by atoms with E-state index in [0.717, 1.165) is 55.0 Å². The number of rotatable bonds is 6. The molecule has 3 heteroatoms. The Morgan fingerprint density at radius 1 is 0.134 bits per heavy atom. The van der Waals surface area contributed by atoms with Crippen LogP contribution in [-0.4, -0.2) is 0 Å². The van der Waals surface area contributed by atoms with Crippen molar-refractivity contribution in [3.63, 3.8) is 0 Å². The molecular weight excluding hydrogens is 1720 g/mol. The average Bonchev–Trinajstić information content (AvgIpc) is 1.52. The highest BCUT2D eigenvalue weighted by Gasteiger charge is 2.40. The van der Waals surface area contributed by atoms with Crippen LogP contribution in [0.2, 0.25) is 0 Å². The van der Waals surface area contributed by atoms with Gasteiger partial charge in [-0.2, -0.15) is 0 Å². The van der Waals surface area contributed by atoms with Gasteiger partial charge in [-0.05, 0) is 344 Å². The van der Waals surface area contributed by atoms with Gasteiger partial charge in [0.2, 0.25) is 0 Å². The van der Waals surface area contributed by atoms with E-state index >= 15 is 0 Å². The normalized spacial score (nSPS) is 13.6. The SMILES string of the molecule is CC1(C)c2cc(-c3c4ccccc4c(-c4ccc5oc6ccccc6c5c4)c4ccccc34)ccc2-c2cc3ccccc3cc21.CC1(C)c2ccc(-c3c4ccccc4c(-c4ccc5oc6ccc7ccccc7c6c5c4)c4ccccc34)cc2-c2cc3ccccc3cc21.CC1(C)c2ccc(-c3c4ccccc4c(-c4cccc5oc6ccccc6c45)c4ccccc34)cc2-c2cc3ccccc3cc21. The van der Waals surface area contributed by atoms with Crippen LogP contribution in [0.25, 0.3) is 274 Å². The summed E-state index contributed by atoms with van der Waals surface area (Å²) < 4.78 is 18.9. The van der Waals surface area contributed by atoms with E-state index in [4.69, 9.17) is 13.3 Å². The minimum absolute atomic E-state index is 0.0622. The molecule has 25 aromatic carbocycles. The molecule has 0 radical (unpaired) electrons. The third-order valence-electron chi connectivity index (χ3n) is 32.3. The Labute approximate surface area is 821 Å². The molecule has 0 atom stereocenters. The van der Waals surface area contributed by atoms with E-state index in [-0.39, 0.29) is 16.2 Å². The second-order valence-electron chi connectivity index (χ2n) is 41.0. The highest BCUT2D eigenvalue weighted by Crippen LogP contribution is 2.59. The van der Waals surface area contributed by atoms with Gasteiger partial charge < -0.3 is 13.3 Å². The molecule has 3 aliphatic carbocycles. The Kier molecular flexibility index (Phi) is 17.7. The lowest BCUT2D eigenvalue weighted by atomic mass is 9.80. The lowest BCUT2D eigenvalue weighted by Crippen LogP contribution is -2.15. The number of fused-ring (bicyclic) bond motifs is 29. The van der Waals surface area contributed by atoms with E-state index in [1.54, 1.807) is 0 Å². The molecule has 3 aromatic heterocycles. The molecule has 0 fully saturated rings. The molecule has 3 heterocycles. The first-order chi connectivity index (χ1) is 69.7. The van der Waals surface area contributed by atoms with Crippen molar-refractivity contribution >= 4 is 174 Å². The fourth-order valence-electron chi connectivity index (χ4n) is 25.6. The van der Waals surface area contributed by atoms with Gasteiger partial charge in [0, 0.05) is 48.6 Å². The molecule has 142 heavy (non-hydrogen) atoms. The van der Waals surface area contributed by atoms with Gasteiger partial charge in [0.25, 0.3) is 0 Å². The molecule has 0 spiro atoms. The molecule has 3 nitrogen and oxygen atoms in total. The topological polar surface area (TPSA) is 39.4 Å². The van der Waals surface area contributed by atoms with Gasteiger partial charge in [-0.3, -0.25) is 0 Å². The van der Waals surface area contributed by atoms with E-state index in [2.05, 4.69) is 472 Å². The van der Waals surface area contributed by atoms with Crippen LogP contribution in [0.5, 0.6) is 0 Å². The summed E-state index contributed by atoms with van der Waals surface area (Å²) in [6.45, 7) is 14.2. The molecule has 0 amide bonds. The highest BCUT2D eigenvalue weighted by molar-refractivity contribution is 6.29. The largest absolute Gasteiger partial charge is 0.456 e. The zero-order valence-electron chi connectivity index (χ0n) is 79.4. The third-order valence-corrected chi connectivity index (χ3v) is 32.3. The van der Waals surface area contributed by atoms with Gasteiger partial charge >= 0.3 is 0 Å². The molecule has 28 aromatic rings. The predicted octanol–water partition coefficient (Wildman–Crippen LogP) is 39.2. The first kappa shape index (κ1) is 81.7. The van der Waals surface area contributed by atoms with Crippen molar-refractivity contribution in [2.45, 2.75) is 57.8 Å². The van der Waals surface area contributed by atoms with Gasteiger partial charge in [-0.15, -0.1) is 0 Å².